The van der Waals surface area contributed by atoms with Gasteiger partial charge < -0.3 is 0 Å². The molecule has 0 aliphatic rings. The summed E-state index contributed by atoms with van der Waals surface area (Å²) >= 11 is 0. The molecule has 0 aliphatic carbocycles. The van der Waals surface area contributed by atoms with E-state index in [9.17, 15) is 4.79 Å². The summed E-state index contributed by atoms with van der Waals surface area (Å²) in [5.74, 6) is 0.583. The molecular formula is C12H10N2O. The van der Waals surface area contributed by atoms with Crippen LogP contribution >= 0.6 is 0 Å². The van der Waals surface area contributed by atoms with Crippen LogP contribution in [0.25, 0.3) is 11.4 Å². The summed E-state index contributed by atoms with van der Waals surface area (Å²) in [6.07, 6.45) is 2.31. The maximum absolute atomic E-state index is 10.6. The lowest BCUT2D eigenvalue weighted by Crippen LogP contribution is -1.93. The van der Waals surface area contributed by atoms with Gasteiger partial charge in [-0.2, -0.15) is 0 Å². The Hall–Kier alpha value is -2.03. The molecule has 3 heteroatoms. The SMILES string of the molecule is Cc1ccc(-c2nccc(C=O)n2)cc1. The van der Waals surface area contributed by atoms with E-state index in [1.165, 1.54) is 5.56 Å². The molecule has 74 valence electrons. The second kappa shape index (κ2) is 4.00. The van der Waals surface area contributed by atoms with Gasteiger partial charge in [-0.15, -0.1) is 0 Å². The Labute approximate surface area is 87.8 Å². The van der Waals surface area contributed by atoms with E-state index in [-0.39, 0.29) is 0 Å². The number of aryl methyl sites for hydroxylation is 1. The first-order chi connectivity index (χ1) is 7.29. The molecule has 0 bridgehead atoms. The molecule has 0 saturated carbocycles. The Morgan fingerprint density at radius 2 is 1.87 bits per heavy atom. The number of hydrogen-bond acceptors (Lipinski definition) is 3. The molecule has 0 amide bonds. The lowest BCUT2D eigenvalue weighted by Gasteiger charge is -2.00. The highest BCUT2D eigenvalue weighted by Gasteiger charge is 2.01. The van der Waals surface area contributed by atoms with Crippen molar-refractivity contribution in [3.63, 3.8) is 0 Å². The standard InChI is InChI=1S/C12H10N2O/c1-9-2-4-10(5-3-9)12-13-7-6-11(8-15)14-12/h2-8H,1H3. The van der Waals surface area contributed by atoms with Gasteiger partial charge in [0, 0.05) is 11.8 Å². The monoisotopic (exact) mass is 198 g/mol. The molecule has 1 aromatic heterocycles. The van der Waals surface area contributed by atoms with Crippen molar-refractivity contribution in [3.05, 3.63) is 47.8 Å². The largest absolute Gasteiger partial charge is 0.296 e. The number of aldehydes is 1. The predicted octanol–water partition coefficient (Wildman–Crippen LogP) is 2.26. The van der Waals surface area contributed by atoms with Crippen molar-refractivity contribution in [2.75, 3.05) is 0 Å². The normalized spacial score (nSPS) is 9.93. The first-order valence-electron chi connectivity index (χ1n) is 4.65. The van der Waals surface area contributed by atoms with Gasteiger partial charge in [-0.3, -0.25) is 4.79 Å². The average molecular weight is 198 g/mol. The molecule has 2 aromatic rings. The first kappa shape index (κ1) is 9.52. The van der Waals surface area contributed by atoms with Crippen molar-refractivity contribution < 1.29 is 4.79 Å². The Bertz CT molecular complexity index is 477. The Morgan fingerprint density at radius 3 is 2.53 bits per heavy atom. The molecule has 0 fully saturated rings. The summed E-state index contributed by atoms with van der Waals surface area (Å²) in [6.45, 7) is 2.02. The van der Waals surface area contributed by atoms with E-state index in [0.717, 1.165) is 11.8 Å². The van der Waals surface area contributed by atoms with Crippen LogP contribution in [-0.4, -0.2) is 16.3 Å². The fourth-order valence-corrected chi connectivity index (χ4v) is 1.28. The molecule has 0 saturated heterocycles. The molecular weight excluding hydrogens is 188 g/mol. The van der Waals surface area contributed by atoms with Crippen LogP contribution in [0.2, 0.25) is 0 Å². The molecule has 0 aliphatic heterocycles. The number of benzene rings is 1. The van der Waals surface area contributed by atoms with Crippen molar-refractivity contribution in [2.45, 2.75) is 6.92 Å². The van der Waals surface area contributed by atoms with Crippen LogP contribution in [0.5, 0.6) is 0 Å². The van der Waals surface area contributed by atoms with Crippen LogP contribution in [0.4, 0.5) is 0 Å². The molecule has 0 atom stereocenters. The van der Waals surface area contributed by atoms with E-state index in [1.807, 2.05) is 31.2 Å². The van der Waals surface area contributed by atoms with Crippen LogP contribution in [0.3, 0.4) is 0 Å². The molecule has 1 aromatic carbocycles. The summed E-state index contributed by atoms with van der Waals surface area (Å²) in [4.78, 5) is 18.8. The zero-order valence-electron chi connectivity index (χ0n) is 8.34. The fourth-order valence-electron chi connectivity index (χ4n) is 1.28. The molecule has 0 radical (unpaired) electrons. The van der Waals surface area contributed by atoms with Crippen molar-refractivity contribution in [1.82, 2.24) is 9.97 Å². The molecule has 0 spiro atoms. The third-order valence-corrected chi connectivity index (χ3v) is 2.11. The van der Waals surface area contributed by atoms with Crippen molar-refractivity contribution in [1.29, 1.82) is 0 Å². The van der Waals surface area contributed by atoms with Gasteiger partial charge in [-0.25, -0.2) is 9.97 Å². The second-order valence-electron chi connectivity index (χ2n) is 3.29. The quantitative estimate of drug-likeness (QED) is 0.695. The number of hydrogen-bond donors (Lipinski definition) is 0. The zero-order chi connectivity index (χ0) is 10.7. The number of aromatic nitrogens is 2. The van der Waals surface area contributed by atoms with E-state index in [2.05, 4.69) is 9.97 Å². The Morgan fingerprint density at radius 1 is 1.13 bits per heavy atom. The van der Waals surface area contributed by atoms with E-state index >= 15 is 0 Å². The highest BCUT2D eigenvalue weighted by atomic mass is 16.1. The lowest BCUT2D eigenvalue weighted by molar-refractivity contribution is 0.111. The topological polar surface area (TPSA) is 42.9 Å². The summed E-state index contributed by atoms with van der Waals surface area (Å²) in [6, 6.07) is 9.46. The van der Waals surface area contributed by atoms with Crippen LogP contribution in [-0.2, 0) is 0 Å². The number of rotatable bonds is 2. The van der Waals surface area contributed by atoms with Gasteiger partial charge in [0.2, 0.25) is 0 Å². The van der Waals surface area contributed by atoms with Gasteiger partial charge in [-0.05, 0) is 13.0 Å². The maximum Gasteiger partial charge on any atom is 0.168 e. The highest BCUT2D eigenvalue weighted by molar-refractivity contribution is 5.72. The minimum Gasteiger partial charge on any atom is -0.296 e. The summed E-state index contributed by atoms with van der Waals surface area (Å²) in [5.41, 5.74) is 2.51. The van der Waals surface area contributed by atoms with Crippen LogP contribution in [0.1, 0.15) is 16.1 Å². The van der Waals surface area contributed by atoms with E-state index in [1.54, 1.807) is 12.3 Å². The maximum atomic E-state index is 10.6. The molecule has 3 nitrogen and oxygen atoms in total. The second-order valence-corrected chi connectivity index (χ2v) is 3.29. The lowest BCUT2D eigenvalue weighted by atomic mass is 10.1. The van der Waals surface area contributed by atoms with Crippen LogP contribution < -0.4 is 0 Å². The van der Waals surface area contributed by atoms with Gasteiger partial charge >= 0.3 is 0 Å². The van der Waals surface area contributed by atoms with Gasteiger partial charge in [0.25, 0.3) is 0 Å². The summed E-state index contributed by atoms with van der Waals surface area (Å²) in [7, 11) is 0. The van der Waals surface area contributed by atoms with Gasteiger partial charge in [-0.1, -0.05) is 29.8 Å². The van der Waals surface area contributed by atoms with Gasteiger partial charge in [0.15, 0.2) is 12.1 Å². The first-order valence-corrected chi connectivity index (χ1v) is 4.65. The highest BCUT2D eigenvalue weighted by Crippen LogP contribution is 2.14. The van der Waals surface area contributed by atoms with Crippen LogP contribution in [0.15, 0.2) is 36.5 Å². The smallest absolute Gasteiger partial charge is 0.168 e. The molecule has 0 N–H and O–H groups in total. The molecule has 2 rings (SSSR count). The molecule has 15 heavy (non-hydrogen) atoms. The van der Waals surface area contributed by atoms with E-state index in [0.29, 0.717) is 11.5 Å². The Kier molecular flexibility index (Phi) is 2.54. The third-order valence-electron chi connectivity index (χ3n) is 2.11. The van der Waals surface area contributed by atoms with Crippen molar-refractivity contribution in [3.8, 4) is 11.4 Å². The van der Waals surface area contributed by atoms with Crippen LogP contribution in [0, 0.1) is 6.92 Å². The summed E-state index contributed by atoms with van der Waals surface area (Å²) < 4.78 is 0. The minimum absolute atomic E-state index is 0.403. The average Bonchev–Trinajstić information content (AvgIpc) is 2.30. The molecule has 1 heterocycles. The molecule has 0 unspecified atom stereocenters. The zero-order valence-corrected chi connectivity index (χ0v) is 8.34. The predicted molar refractivity (Wildman–Crippen MR) is 57.6 cm³/mol. The van der Waals surface area contributed by atoms with E-state index < -0.39 is 0 Å². The van der Waals surface area contributed by atoms with Gasteiger partial charge in [0.05, 0.1) is 0 Å². The third kappa shape index (κ3) is 2.07. The fraction of sp³-hybridized carbons (Fsp3) is 0.0833. The van der Waals surface area contributed by atoms with Crippen molar-refractivity contribution >= 4 is 6.29 Å². The number of carbonyl (C=O) groups is 1. The number of nitrogens with zero attached hydrogens (tertiary/aromatic N) is 2. The Balaban J connectivity index is 2.44. The minimum atomic E-state index is 0.403. The summed E-state index contributed by atoms with van der Waals surface area (Å²) in [5, 5.41) is 0. The number of carbonyl (C=O) groups excluding carboxylic acids is 1. The van der Waals surface area contributed by atoms with Crippen molar-refractivity contribution in [2.24, 2.45) is 0 Å². The van der Waals surface area contributed by atoms with Gasteiger partial charge in [0.1, 0.15) is 5.69 Å². The van der Waals surface area contributed by atoms with E-state index in [4.69, 9.17) is 0 Å².